The van der Waals surface area contributed by atoms with Crippen molar-refractivity contribution in [3.8, 4) is 0 Å². The van der Waals surface area contributed by atoms with Gasteiger partial charge in [-0.05, 0) is 12.8 Å². The minimum atomic E-state index is -0.838. The highest BCUT2D eigenvalue weighted by atomic mass is 16.2. The lowest BCUT2D eigenvalue weighted by Crippen LogP contribution is -2.33. The lowest BCUT2D eigenvalue weighted by atomic mass is 9.89. The van der Waals surface area contributed by atoms with Crippen molar-refractivity contribution >= 4 is 23.4 Å². The summed E-state index contributed by atoms with van der Waals surface area (Å²) >= 11 is 0. The summed E-state index contributed by atoms with van der Waals surface area (Å²) < 4.78 is 0. The molecule has 22 heavy (non-hydrogen) atoms. The highest BCUT2D eigenvalue weighted by Gasteiger charge is 2.27. The normalized spacial score (nSPS) is 13.4. The van der Waals surface area contributed by atoms with Gasteiger partial charge in [0.1, 0.15) is 11.6 Å². The standard InChI is InChI=1S/C16H28N2O4/c1-3-5-7-11(15(17)21)13(19)9-10-14(20)12(16(18)22)8-6-4-2/h11-12H,3-10H2,1-2H3,(H2,17,21)(H2,18,22). The van der Waals surface area contributed by atoms with Gasteiger partial charge in [-0.15, -0.1) is 0 Å². The van der Waals surface area contributed by atoms with E-state index in [4.69, 9.17) is 11.5 Å². The van der Waals surface area contributed by atoms with Crippen LogP contribution in [0.1, 0.15) is 65.2 Å². The molecule has 0 aliphatic rings. The molecule has 0 saturated carbocycles. The average molecular weight is 312 g/mol. The molecule has 6 heteroatoms. The number of carbonyl (C=O) groups is 4. The van der Waals surface area contributed by atoms with Gasteiger partial charge in [0, 0.05) is 12.8 Å². The molecule has 0 saturated heterocycles. The Morgan fingerprint density at radius 1 is 0.727 bits per heavy atom. The number of primary amides is 2. The summed E-state index contributed by atoms with van der Waals surface area (Å²) in [4.78, 5) is 46.7. The topological polar surface area (TPSA) is 120 Å². The van der Waals surface area contributed by atoms with Crippen LogP contribution in [-0.4, -0.2) is 23.4 Å². The van der Waals surface area contributed by atoms with Crippen LogP contribution in [0.4, 0.5) is 0 Å². The zero-order chi connectivity index (χ0) is 17.1. The van der Waals surface area contributed by atoms with E-state index in [2.05, 4.69) is 0 Å². The Morgan fingerprint density at radius 3 is 1.27 bits per heavy atom. The highest BCUT2D eigenvalue weighted by Crippen LogP contribution is 2.16. The first-order valence-electron chi connectivity index (χ1n) is 7.99. The van der Waals surface area contributed by atoms with Crippen molar-refractivity contribution in [2.45, 2.75) is 65.2 Å². The Bertz CT molecular complexity index is 369. The van der Waals surface area contributed by atoms with Gasteiger partial charge in [0.25, 0.3) is 0 Å². The van der Waals surface area contributed by atoms with Crippen molar-refractivity contribution in [3.63, 3.8) is 0 Å². The molecule has 0 spiro atoms. The summed E-state index contributed by atoms with van der Waals surface area (Å²) in [6.45, 7) is 3.91. The highest BCUT2D eigenvalue weighted by molar-refractivity contribution is 6.04. The fourth-order valence-electron chi connectivity index (χ4n) is 2.34. The lowest BCUT2D eigenvalue weighted by molar-refractivity contribution is -0.137. The minimum Gasteiger partial charge on any atom is -0.369 e. The fourth-order valence-corrected chi connectivity index (χ4v) is 2.34. The van der Waals surface area contributed by atoms with E-state index in [0.717, 1.165) is 25.7 Å². The third-order valence-electron chi connectivity index (χ3n) is 3.77. The van der Waals surface area contributed by atoms with Crippen molar-refractivity contribution in [3.05, 3.63) is 0 Å². The molecule has 0 bridgehead atoms. The molecule has 0 heterocycles. The van der Waals surface area contributed by atoms with Gasteiger partial charge in [-0.1, -0.05) is 39.5 Å². The first kappa shape index (κ1) is 20.3. The van der Waals surface area contributed by atoms with E-state index < -0.39 is 23.7 Å². The number of ketones is 2. The van der Waals surface area contributed by atoms with E-state index in [-0.39, 0.29) is 24.4 Å². The van der Waals surface area contributed by atoms with Crippen LogP contribution < -0.4 is 11.5 Å². The molecule has 6 nitrogen and oxygen atoms in total. The number of amides is 2. The van der Waals surface area contributed by atoms with Crippen molar-refractivity contribution in [2.24, 2.45) is 23.3 Å². The third-order valence-corrected chi connectivity index (χ3v) is 3.77. The summed E-state index contributed by atoms with van der Waals surface area (Å²) in [5.41, 5.74) is 10.5. The molecular weight excluding hydrogens is 284 g/mol. The first-order chi connectivity index (χ1) is 10.3. The zero-order valence-corrected chi connectivity index (χ0v) is 13.6. The monoisotopic (exact) mass is 312 g/mol. The van der Waals surface area contributed by atoms with E-state index in [1.807, 2.05) is 13.8 Å². The van der Waals surface area contributed by atoms with E-state index in [9.17, 15) is 19.2 Å². The molecule has 4 N–H and O–H groups in total. The number of Topliss-reactive ketones (excluding diaryl/α,β-unsaturated/α-hetero) is 2. The van der Waals surface area contributed by atoms with Crippen LogP contribution in [0.2, 0.25) is 0 Å². The Kier molecular flexibility index (Phi) is 10.1. The summed E-state index contributed by atoms with van der Waals surface area (Å²) in [5.74, 6) is -3.63. The lowest BCUT2D eigenvalue weighted by Gasteiger charge is -2.14. The van der Waals surface area contributed by atoms with Crippen molar-refractivity contribution in [2.75, 3.05) is 0 Å². The fraction of sp³-hybridized carbons (Fsp3) is 0.750. The van der Waals surface area contributed by atoms with Gasteiger partial charge in [-0.3, -0.25) is 19.2 Å². The predicted octanol–water partition coefficient (Wildman–Crippen LogP) is 1.49. The van der Waals surface area contributed by atoms with Crippen LogP contribution in [0.3, 0.4) is 0 Å². The smallest absolute Gasteiger partial charge is 0.227 e. The molecule has 2 atom stereocenters. The average Bonchev–Trinajstić information content (AvgIpc) is 2.45. The Labute approximate surface area is 132 Å². The van der Waals surface area contributed by atoms with Gasteiger partial charge in [-0.2, -0.15) is 0 Å². The SMILES string of the molecule is CCCCC(C(N)=O)C(=O)CCC(=O)C(CCCC)C(N)=O. The van der Waals surface area contributed by atoms with Crippen molar-refractivity contribution in [1.82, 2.24) is 0 Å². The van der Waals surface area contributed by atoms with Gasteiger partial charge in [0.2, 0.25) is 11.8 Å². The van der Waals surface area contributed by atoms with Gasteiger partial charge in [0.05, 0.1) is 11.8 Å². The van der Waals surface area contributed by atoms with Gasteiger partial charge in [-0.25, -0.2) is 0 Å². The van der Waals surface area contributed by atoms with Gasteiger partial charge in [0.15, 0.2) is 0 Å². The van der Waals surface area contributed by atoms with Crippen LogP contribution in [0.25, 0.3) is 0 Å². The number of rotatable bonds is 13. The van der Waals surface area contributed by atoms with Crippen LogP contribution in [0.5, 0.6) is 0 Å². The van der Waals surface area contributed by atoms with E-state index in [1.54, 1.807) is 0 Å². The molecule has 0 aromatic rings. The molecule has 0 radical (unpaired) electrons. The minimum absolute atomic E-state index is 0.0634. The Hall–Kier alpha value is -1.72. The van der Waals surface area contributed by atoms with E-state index in [0.29, 0.717) is 12.8 Å². The number of nitrogens with two attached hydrogens (primary N) is 2. The van der Waals surface area contributed by atoms with Gasteiger partial charge >= 0.3 is 0 Å². The van der Waals surface area contributed by atoms with Gasteiger partial charge < -0.3 is 11.5 Å². The van der Waals surface area contributed by atoms with Crippen LogP contribution in [-0.2, 0) is 19.2 Å². The molecule has 0 aromatic carbocycles. The summed E-state index contributed by atoms with van der Waals surface area (Å²) in [5, 5.41) is 0. The number of hydrogen-bond acceptors (Lipinski definition) is 4. The van der Waals surface area contributed by atoms with Crippen LogP contribution in [0, 0.1) is 11.8 Å². The first-order valence-corrected chi connectivity index (χ1v) is 7.99. The predicted molar refractivity (Wildman–Crippen MR) is 83.7 cm³/mol. The second-order valence-corrected chi connectivity index (χ2v) is 5.63. The second-order valence-electron chi connectivity index (χ2n) is 5.63. The molecule has 2 amide bonds. The van der Waals surface area contributed by atoms with E-state index in [1.165, 1.54) is 0 Å². The molecular formula is C16H28N2O4. The number of hydrogen-bond donors (Lipinski definition) is 2. The molecule has 2 unspecified atom stereocenters. The Balaban J connectivity index is 4.54. The largest absolute Gasteiger partial charge is 0.369 e. The Morgan fingerprint density at radius 2 is 1.05 bits per heavy atom. The summed E-state index contributed by atoms with van der Waals surface area (Å²) in [6.07, 6.45) is 3.87. The van der Waals surface area contributed by atoms with Crippen molar-refractivity contribution < 1.29 is 19.2 Å². The molecule has 0 aliphatic heterocycles. The molecule has 0 fully saturated rings. The number of unbranched alkanes of at least 4 members (excludes halogenated alkanes) is 2. The summed E-state index contributed by atoms with van der Waals surface area (Å²) in [6, 6.07) is 0. The summed E-state index contributed by atoms with van der Waals surface area (Å²) in [7, 11) is 0. The zero-order valence-electron chi connectivity index (χ0n) is 13.6. The number of carbonyl (C=O) groups excluding carboxylic acids is 4. The maximum Gasteiger partial charge on any atom is 0.227 e. The van der Waals surface area contributed by atoms with Crippen LogP contribution >= 0.6 is 0 Å². The van der Waals surface area contributed by atoms with Crippen LogP contribution in [0.15, 0.2) is 0 Å². The quantitative estimate of drug-likeness (QED) is 0.500. The maximum atomic E-state index is 12.0. The maximum absolute atomic E-state index is 12.0. The molecule has 0 rings (SSSR count). The molecule has 126 valence electrons. The second kappa shape index (κ2) is 10.9. The molecule has 0 aliphatic carbocycles. The van der Waals surface area contributed by atoms with E-state index >= 15 is 0 Å². The third kappa shape index (κ3) is 7.33. The van der Waals surface area contributed by atoms with Crippen molar-refractivity contribution in [1.29, 1.82) is 0 Å². The molecule has 0 aromatic heterocycles.